The fourth-order valence-corrected chi connectivity index (χ4v) is 4.66. The Kier molecular flexibility index (Phi) is 23.7. The summed E-state index contributed by atoms with van der Waals surface area (Å²) in [5.41, 5.74) is 0. The van der Waals surface area contributed by atoms with E-state index in [1.54, 1.807) is 0 Å². The number of unbranched alkanes of at least 4 members (excludes halogenated alkanes) is 12. The van der Waals surface area contributed by atoms with Crippen molar-refractivity contribution in [2.45, 2.75) is 121 Å². The van der Waals surface area contributed by atoms with E-state index in [0.717, 1.165) is 38.5 Å². The molecule has 0 spiro atoms. The summed E-state index contributed by atoms with van der Waals surface area (Å²) >= 11 is 0. The van der Waals surface area contributed by atoms with Gasteiger partial charge in [0.05, 0.1) is 18.8 Å². The number of carbonyl (C=O) groups is 4. The molecule has 2 atom stereocenters. The maximum Gasteiger partial charge on any atom is 1.00 e. The van der Waals surface area contributed by atoms with Gasteiger partial charge < -0.3 is 25.0 Å². The van der Waals surface area contributed by atoms with Crippen molar-refractivity contribution in [3.63, 3.8) is 0 Å². The molecule has 1 amide bonds. The van der Waals surface area contributed by atoms with Gasteiger partial charge in [-0.3, -0.25) is 14.1 Å². The largest absolute Gasteiger partial charge is 1.00 e. The Morgan fingerprint density at radius 1 is 0.795 bits per heavy atom. The fourth-order valence-electron chi connectivity index (χ4n) is 4.07. The van der Waals surface area contributed by atoms with Crippen molar-refractivity contribution < 1.29 is 77.0 Å². The van der Waals surface area contributed by atoms with E-state index in [-0.39, 0.29) is 36.1 Å². The normalized spacial score (nSPS) is 13.0. The first kappa shape index (κ1) is 39.7. The second-order valence-corrected chi connectivity index (χ2v) is 11.1. The van der Waals surface area contributed by atoms with E-state index in [9.17, 15) is 37.8 Å². The molecule has 0 aromatic rings. The van der Waals surface area contributed by atoms with Crippen LogP contribution >= 0.6 is 0 Å². The van der Waals surface area contributed by atoms with Gasteiger partial charge in [0.15, 0.2) is 0 Å². The molecule has 0 heterocycles. The first-order valence-electron chi connectivity index (χ1n) is 13.5. The third-order valence-corrected chi connectivity index (χ3v) is 7.32. The Labute approximate surface area is 254 Å². The summed E-state index contributed by atoms with van der Waals surface area (Å²) in [5, 5.41) is 26.9. The van der Waals surface area contributed by atoms with Crippen LogP contribution in [0, 0.1) is 0 Å². The molecule has 0 saturated heterocycles. The van der Waals surface area contributed by atoms with Crippen molar-refractivity contribution in [3.8, 4) is 0 Å². The van der Waals surface area contributed by atoms with Crippen molar-refractivity contribution in [1.29, 1.82) is 0 Å². The molecule has 0 rings (SSSR count). The predicted octanol–water partition coefficient (Wildman–Crippen LogP) is 0.181. The van der Waals surface area contributed by atoms with Gasteiger partial charge in [-0.25, -0.2) is 4.79 Å². The van der Waals surface area contributed by atoms with Gasteiger partial charge in [0, 0.05) is 6.54 Å². The molecule has 0 radical (unpaired) electrons. The summed E-state index contributed by atoms with van der Waals surface area (Å²) in [6, 6.07) is -1.81. The van der Waals surface area contributed by atoms with E-state index < -0.39 is 58.1 Å². The quantitative estimate of drug-likeness (QED) is 0.0610. The molecule has 220 valence electrons. The number of carboxylic acids is 3. The number of hydrogen-bond donors (Lipinski definition) is 3. The maximum atomic E-state index is 12.6. The van der Waals surface area contributed by atoms with Gasteiger partial charge in [-0.2, -0.15) is 8.42 Å². The van der Waals surface area contributed by atoms with Crippen LogP contribution in [0.15, 0.2) is 12.2 Å². The molecule has 0 bridgehead atoms. The molecule has 11 nitrogen and oxygen atoms in total. The molecule has 0 aliphatic rings. The number of nitrogens with zero attached hydrogens (tertiary/aromatic N) is 1. The first-order valence-corrected chi connectivity index (χ1v) is 15.0. The average Bonchev–Trinajstić information content (AvgIpc) is 2.82. The van der Waals surface area contributed by atoms with E-state index in [1.807, 2.05) is 0 Å². The third-order valence-electron chi connectivity index (χ3n) is 6.24. The summed E-state index contributed by atoms with van der Waals surface area (Å²) in [4.78, 5) is 47.1. The molecule has 0 aliphatic carbocycles. The van der Waals surface area contributed by atoms with Gasteiger partial charge in [-0.15, -0.1) is 0 Å². The first-order chi connectivity index (χ1) is 17.9. The van der Waals surface area contributed by atoms with Crippen LogP contribution in [0.4, 0.5) is 0 Å². The van der Waals surface area contributed by atoms with E-state index >= 15 is 0 Å². The Bertz CT molecular complexity index is 863. The topological polar surface area (TPSA) is 189 Å². The summed E-state index contributed by atoms with van der Waals surface area (Å²) in [6.07, 6.45) is 16.7. The minimum absolute atomic E-state index is 0. The molecule has 0 fully saturated rings. The second kappa shape index (κ2) is 23.3. The van der Waals surface area contributed by atoms with E-state index in [0.29, 0.717) is 17.7 Å². The monoisotopic (exact) mass is 585 g/mol. The van der Waals surface area contributed by atoms with Gasteiger partial charge in [0.2, 0.25) is 5.91 Å². The van der Waals surface area contributed by atoms with Crippen molar-refractivity contribution in [3.05, 3.63) is 12.2 Å². The molecule has 39 heavy (non-hydrogen) atoms. The number of carboxylic acid groups (broad SMARTS) is 3. The number of aliphatic carboxylic acids is 3. The van der Waals surface area contributed by atoms with Crippen LogP contribution in [0.3, 0.4) is 0 Å². The van der Waals surface area contributed by atoms with Crippen LogP contribution in [0.5, 0.6) is 0 Å². The number of hydrogen-bond acceptors (Lipinski definition) is 7. The van der Waals surface area contributed by atoms with Crippen LogP contribution in [0.25, 0.3) is 0 Å². The minimum Gasteiger partial charge on any atom is -0.549 e. The van der Waals surface area contributed by atoms with Gasteiger partial charge in [0.25, 0.3) is 10.1 Å². The predicted molar refractivity (Wildman–Crippen MR) is 140 cm³/mol. The van der Waals surface area contributed by atoms with Crippen LogP contribution in [-0.4, -0.2) is 69.7 Å². The molecule has 0 saturated carbocycles. The number of amides is 1. The second-order valence-electron chi connectivity index (χ2n) is 9.50. The fraction of sp³-hybridized carbons (Fsp3) is 0.769. The SMILES string of the molecule is CCCCCCCC/C=C\CCCCCCCCN(C(=O)CC(C(=O)[O-])S(=O)(=O)O)C(CC(=O)O)C(=O)O.[Na+]. The van der Waals surface area contributed by atoms with Gasteiger partial charge >= 0.3 is 41.5 Å². The number of allylic oxidation sites excluding steroid dienone is 2. The van der Waals surface area contributed by atoms with Gasteiger partial charge in [0.1, 0.15) is 11.3 Å². The zero-order valence-electron chi connectivity index (χ0n) is 23.4. The van der Waals surface area contributed by atoms with E-state index in [2.05, 4.69) is 19.1 Å². The minimum atomic E-state index is -5.19. The maximum absolute atomic E-state index is 12.6. The molecule has 0 aliphatic heterocycles. The molecule has 0 aromatic heterocycles. The van der Waals surface area contributed by atoms with Gasteiger partial charge in [-0.1, -0.05) is 76.9 Å². The standard InChI is InChI=1S/C26H45NO10S.Na/c1-2-3-4-5-6-7-8-9-10-11-12-13-14-15-16-17-18-27(21(25(31)32)19-24(29)30)23(28)20-22(26(33)34)38(35,36)37;/h9-10,21-22H,2-8,11-20H2,1H3,(H,29,30)(H,31,32)(H,33,34)(H,35,36,37);/q;+1/p-1/b10-9-;. The van der Waals surface area contributed by atoms with E-state index in [4.69, 9.17) is 9.66 Å². The van der Waals surface area contributed by atoms with Crippen molar-refractivity contribution >= 4 is 33.9 Å². The molecule has 0 aromatic carbocycles. The number of rotatable bonds is 24. The zero-order valence-corrected chi connectivity index (χ0v) is 26.2. The Balaban J connectivity index is 0. The molecular weight excluding hydrogens is 541 g/mol. The van der Waals surface area contributed by atoms with Crippen molar-refractivity contribution in [1.82, 2.24) is 4.90 Å². The summed E-state index contributed by atoms with van der Waals surface area (Å²) in [7, 11) is -5.19. The molecule has 2 unspecified atom stereocenters. The van der Waals surface area contributed by atoms with Gasteiger partial charge in [-0.05, 0) is 32.1 Å². The van der Waals surface area contributed by atoms with Crippen molar-refractivity contribution in [2.75, 3.05) is 6.54 Å². The van der Waals surface area contributed by atoms with Crippen molar-refractivity contribution in [2.24, 2.45) is 0 Å². The van der Waals surface area contributed by atoms with Crippen LogP contribution in [0.1, 0.15) is 110 Å². The Morgan fingerprint density at radius 2 is 1.26 bits per heavy atom. The Morgan fingerprint density at radius 3 is 1.67 bits per heavy atom. The van der Waals surface area contributed by atoms with E-state index in [1.165, 1.54) is 38.5 Å². The third kappa shape index (κ3) is 20.1. The van der Waals surface area contributed by atoms with Crippen LogP contribution in [-0.2, 0) is 29.3 Å². The summed E-state index contributed by atoms with van der Waals surface area (Å²) in [5.74, 6) is -6.55. The zero-order chi connectivity index (χ0) is 29.0. The Hall–Kier alpha value is -1.47. The summed E-state index contributed by atoms with van der Waals surface area (Å²) in [6.45, 7) is 2.01. The molecule has 13 heteroatoms. The molecule has 3 N–H and O–H groups in total. The smallest absolute Gasteiger partial charge is 0.549 e. The van der Waals surface area contributed by atoms with Crippen LogP contribution in [0.2, 0.25) is 0 Å². The average molecular weight is 586 g/mol. The molecular formula is C26H44NNaO10S. The summed E-state index contributed by atoms with van der Waals surface area (Å²) < 4.78 is 31.6. The number of carbonyl (C=O) groups excluding carboxylic acids is 2. The van der Waals surface area contributed by atoms with Crippen LogP contribution < -0.4 is 34.7 Å².